The summed E-state index contributed by atoms with van der Waals surface area (Å²) >= 11 is 0. The van der Waals surface area contributed by atoms with Crippen molar-refractivity contribution < 1.29 is 27.9 Å². The average Bonchev–Trinajstić information content (AvgIpc) is 2.61. The molecule has 0 spiro atoms. The Morgan fingerprint density at radius 1 is 1.19 bits per heavy atom. The molecule has 1 heterocycles. The third kappa shape index (κ3) is 6.73. The lowest BCUT2D eigenvalue weighted by atomic mass is 10.2. The lowest BCUT2D eigenvalue weighted by Gasteiger charge is -2.32. The van der Waals surface area contributed by atoms with E-state index in [1.807, 2.05) is 27.7 Å². The van der Waals surface area contributed by atoms with Gasteiger partial charge >= 0.3 is 0 Å². The number of rotatable bonds is 8. The molecular formula is C19H33N2O5S+. The van der Waals surface area contributed by atoms with E-state index in [2.05, 4.69) is 0 Å². The second-order valence-electron chi connectivity index (χ2n) is 7.84. The van der Waals surface area contributed by atoms with Crippen LogP contribution >= 0.6 is 0 Å². The Labute approximate surface area is 162 Å². The number of nitrogens with zero attached hydrogens (tertiary/aromatic N) is 1. The molecule has 1 saturated heterocycles. The van der Waals surface area contributed by atoms with Gasteiger partial charge < -0.3 is 19.5 Å². The summed E-state index contributed by atoms with van der Waals surface area (Å²) in [5, 5.41) is 10.1. The molecule has 1 aliphatic rings. The highest BCUT2D eigenvalue weighted by Gasteiger charge is 2.31. The summed E-state index contributed by atoms with van der Waals surface area (Å²) < 4.78 is 38.1. The Kier molecular flexibility index (Phi) is 7.64. The monoisotopic (exact) mass is 401 g/mol. The third-order valence-corrected chi connectivity index (χ3v) is 6.35. The van der Waals surface area contributed by atoms with Crippen LogP contribution < -0.4 is 9.64 Å². The van der Waals surface area contributed by atoms with Gasteiger partial charge in [0.1, 0.15) is 18.4 Å². The minimum Gasteiger partial charge on any atom is -0.494 e. The van der Waals surface area contributed by atoms with Crippen LogP contribution in [-0.2, 0) is 14.8 Å². The molecule has 8 heteroatoms. The minimum absolute atomic E-state index is 0.277. The largest absolute Gasteiger partial charge is 0.494 e. The van der Waals surface area contributed by atoms with Crippen LogP contribution in [0.4, 0.5) is 0 Å². The highest BCUT2D eigenvalue weighted by Crippen LogP contribution is 2.19. The van der Waals surface area contributed by atoms with E-state index in [0.717, 1.165) is 0 Å². The van der Waals surface area contributed by atoms with Gasteiger partial charge in [-0.3, -0.25) is 0 Å². The molecule has 7 nitrogen and oxygen atoms in total. The Balaban J connectivity index is 1.86. The summed E-state index contributed by atoms with van der Waals surface area (Å²) in [6.45, 7) is 11.4. The smallest absolute Gasteiger partial charge is 0.243 e. The Morgan fingerprint density at radius 2 is 1.78 bits per heavy atom. The first-order valence-electron chi connectivity index (χ1n) is 9.50. The molecule has 0 radical (unpaired) electrons. The predicted octanol–water partition coefficient (Wildman–Crippen LogP) is 0.151. The normalized spacial score (nSPS) is 18.4. The van der Waals surface area contributed by atoms with Crippen LogP contribution in [-0.4, -0.2) is 75.5 Å². The molecule has 27 heavy (non-hydrogen) atoms. The maximum atomic E-state index is 12.8. The van der Waals surface area contributed by atoms with Crippen molar-refractivity contribution in [1.82, 2.24) is 4.31 Å². The first-order valence-corrected chi connectivity index (χ1v) is 10.9. The molecule has 0 aliphatic carbocycles. The van der Waals surface area contributed by atoms with Crippen molar-refractivity contribution in [3.05, 3.63) is 24.3 Å². The number of aliphatic hydroxyl groups is 1. The van der Waals surface area contributed by atoms with Crippen molar-refractivity contribution in [2.45, 2.75) is 44.3 Å². The van der Waals surface area contributed by atoms with Crippen molar-refractivity contribution in [2.24, 2.45) is 0 Å². The van der Waals surface area contributed by atoms with Crippen LogP contribution in [0.15, 0.2) is 29.2 Å². The number of piperazine rings is 1. The molecular weight excluding hydrogens is 368 g/mol. The van der Waals surface area contributed by atoms with Crippen molar-refractivity contribution in [1.29, 1.82) is 0 Å². The summed E-state index contributed by atoms with van der Waals surface area (Å²) in [4.78, 5) is 1.48. The van der Waals surface area contributed by atoms with E-state index in [4.69, 9.17) is 9.47 Å². The molecule has 0 amide bonds. The van der Waals surface area contributed by atoms with E-state index in [-0.39, 0.29) is 10.5 Å². The van der Waals surface area contributed by atoms with Gasteiger partial charge in [-0.25, -0.2) is 8.42 Å². The number of hydrogen-bond acceptors (Lipinski definition) is 5. The standard InChI is InChI=1S/C19H32N2O5S/c1-5-25-17-6-8-18(9-7-17)27(23,24)21-12-10-20(11-13-21)14-16(22)15-26-19(2,3)4/h6-9,16,22H,5,10-15H2,1-4H3/p+1/t16-/m0/s1. The molecule has 0 saturated carbocycles. The van der Waals surface area contributed by atoms with Crippen LogP contribution in [0, 0.1) is 0 Å². The van der Waals surface area contributed by atoms with Crippen LogP contribution in [0.5, 0.6) is 5.75 Å². The quantitative estimate of drug-likeness (QED) is 0.648. The predicted molar refractivity (Wildman–Crippen MR) is 104 cm³/mol. The van der Waals surface area contributed by atoms with Crippen molar-refractivity contribution >= 4 is 10.0 Å². The van der Waals surface area contributed by atoms with Gasteiger partial charge in [0.2, 0.25) is 10.0 Å². The van der Waals surface area contributed by atoms with Crippen LogP contribution in [0.3, 0.4) is 0 Å². The fourth-order valence-electron chi connectivity index (χ4n) is 3.01. The molecule has 1 aromatic carbocycles. The minimum atomic E-state index is -3.50. The molecule has 0 unspecified atom stereocenters. The van der Waals surface area contributed by atoms with Crippen LogP contribution in [0.1, 0.15) is 27.7 Å². The van der Waals surface area contributed by atoms with Crippen LogP contribution in [0.25, 0.3) is 0 Å². The van der Waals surface area contributed by atoms with E-state index < -0.39 is 16.1 Å². The second-order valence-corrected chi connectivity index (χ2v) is 9.78. The molecule has 1 aliphatic heterocycles. The van der Waals surface area contributed by atoms with E-state index >= 15 is 0 Å². The summed E-state index contributed by atoms with van der Waals surface area (Å²) in [5.41, 5.74) is -0.277. The zero-order valence-corrected chi connectivity index (χ0v) is 17.6. The topological polar surface area (TPSA) is 80.5 Å². The number of benzene rings is 1. The Bertz CT molecular complexity index is 677. The first kappa shape index (κ1) is 22.1. The van der Waals surface area contributed by atoms with Crippen molar-refractivity contribution in [2.75, 3.05) is 45.9 Å². The maximum absolute atomic E-state index is 12.8. The first-order chi connectivity index (χ1) is 12.6. The summed E-state index contributed by atoms with van der Waals surface area (Å²) in [6, 6.07) is 6.55. The van der Waals surface area contributed by atoms with Crippen molar-refractivity contribution in [3.8, 4) is 5.75 Å². The zero-order valence-electron chi connectivity index (χ0n) is 16.8. The van der Waals surface area contributed by atoms with E-state index in [1.54, 1.807) is 24.3 Å². The summed E-state index contributed by atoms with van der Waals surface area (Å²) in [6.07, 6.45) is -0.548. The molecule has 0 bridgehead atoms. The van der Waals surface area contributed by atoms with Gasteiger partial charge in [0.15, 0.2) is 0 Å². The van der Waals surface area contributed by atoms with Gasteiger partial charge in [-0.15, -0.1) is 0 Å². The third-order valence-electron chi connectivity index (χ3n) is 4.44. The number of hydrogen-bond donors (Lipinski definition) is 2. The summed E-state index contributed by atoms with van der Waals surface area (Å²) in [7, 11) is -3.50. The molecule has 2 rings (SSSR count). The lowest BCUT2D eigenvalue weighted by Crippen LogP contribution is -3.15. The summed E-state index contributed by atoms with van der Waals surface area (Å²) in [5.74, 6) is 0.664. The van der Waals surface area contributed by atoms with Crippen LogP contribution in [0.2, 0.25) is 0 Å². The van der Waals surface area contributed by atoms with E-state index in [1.165, 1.54) is 9.21 Å². The van der Waals surface area contributed by atoms with E-state index in [0.29, 0.717) is 51.7 Å². The fraction of sp³-hybridized carbons (Fsp3) is 0.684. The Hall–Kier alpha value is -1.19. The highest BCUT2D eigenvalue weighted by atomic mass is 32.2. The number of aliphatic hydroxyl groups excluding tert-OH is 1. The van der Waals surface area contributed by atoms with Gasteiger partial charge in [0.25, 0.3) is 0 Å². The highest BCUT2D eigenvalue weighted by molar-refractivity contribution is 7.89. The Morgan fingerprint density at radius 3 is 2.30 bits per heavy atom. The van der Waals surface area contributed by atoms with Gasteiger partial charge in [-0.2, -0.15) is 4.31 Å². The zero-order chi connectivity index (χ0) is 20.1. The fourth-order valence-corrected chi connectivity index (χ4v) is 4.45. The van der Waals surface area contributed by atoms with Gasteiger partial charge in [-0.1, -0.05) is 0 Å². The average molecular weight is 402 g/mol. The number of ether oxygens (including phenoxy) is 2. The molecule has 1 aromatic rings. The number of sulfonamides is 1. The van der Waals surface area contributed by atoms with Gasteiger partial charge in [0.05, 0.1) is 49.9 Å². The number of nitrogens with one attached hydrogen (secondary N) is 1. The SMILES string of the molecule is CCOc1ccc(S(=O)(=O)N2CC[NH+](C[C@H](O)COC(C)(C)C)CC2)cc1. The number of quaternary nitrogens is 1. The van der Waals surface area contributed by atoms with E-state index in [9.17, 15) is 13.5 Å². The van der Waals surface area contributed by atoms with Gasteiger partial charge in [-0.05, 0) is 52.0 Å². The molecule has 154 valence electrons. The maximum Gasteiger partial charge on any atom is 0.243 e. The lowest BCUT2D eigenvalue weighted by molar-refractivity contribution is -0.906. The molecule has 1 fully saturated rings. The molecule has 1 atom stereocenters. The molecule has 0 aromatic heterocycles. The molecule has 2 N–H and O–H groups in total. The van der Waals surface area contributed by atoms with Gasteiger partial charge in [0, 0.05) is 0 Å². The van der Waals surface area contributed by atoms with Crippen molar-refractivity contribution in [3.63, 3.8) is 0 Å². The second kappa shape index (κ2) is 9.34.